The number of para-hydroxylation sites is 1. The molecule has 3 rings (SSSR count). The highest BCUT2D eigenvalue weighted by atomic mass is 35.5. The molecule has 0 saturated carbocycles. The second-order valence-electron chi connectivity index (χ2n) is 5.35. The van der Waals surface area contributed by atoms with Crippen molar-refractivity contribution in [2.24, 2.45) is 0 Å². The largest absolute Gasteiger partial charge is 0.321 e. The first kappa shape index (κ1) is 16.6. The Balaban J connectivity index is 1.83. The first-order valence-electron chi connectivity index (χ1n) is 7.53. The summed E-state index contributed by atoms with van der Waals surface area (Å²) in [7, 11) is 0. The van der Waals surface area contributed by atoms with Crippen molar-refractivity contribution in [3.8, 4) is 0 Å². The van der Waals surface area contributed by atoms with Gasteiger partial charge in [0.1, 0.15) is 0 Å². The Bertz CT molecular complexity index is 862. The molecule has 4 heteroatoms. The zero-order valence-corrected chi connectivity index (χ0v) is 14.7. The summed E-state index contributed by atoms with van der Waals surface area (Å²) in [4.78, 5) is 14.6. The van der Waals surface area contributed by atoms with Gasteiger partial charge in [-0.15, -0.1) is 0 Å². The minimum atomic E-state index is -0.211. The molecule has 0 aliphatic heterocycles. The maximum absolute atomic E-state index is 12.5. The molecule has 0 spiro atoms. The van der Waals surface area contributed by atoms with Crippen LogP contribution in [-0.2, 0) is 0 Å². The molecule has 0 aliphatic rings. The Labute approximate surface area is 150 Å². The van der Waals surface area contributed by atoms with E-state index in [1.807, 2.05) is 24.3 Å². The van der Waals surface area contributed by atoms with E-state index in [9.17, 15) is 4.79 Å². The zero-order valence-electron chi connectivity index (χ0n) is 13.1. The average molecular weight is 354 g/mol. The minimum absolute atomic E-state index is 0.211. The number of aryl methyl sites for hydroxylation is 1. The highest BCUT2D eigenvalue weighted by Gasteiger charge is 2.12. The van der Waals surface area contributed by atoms with Gasteiger partial charge in [0.05, 0.1) is 16.3 Å². The third-order valence-corrected chi connectivity index (χ3v) is 4.92. The molecule has 0 fully saturated rings. The number of hydrogen-bond acceptors (Lipinski definition) is 2. The van der Waals surface area contributed by atoms with Crippen molar-refractivity contribution in [1.82, 2.24) is 0 Å². The van der Waals surface area contributed by atoms with Gasteiger partial charge in [0, 0.05) is 9.79 Å². The van der Waals surface area contributed by atoms with Crippen LogP contribution in [0, 0.1) is 6.92 Å². The van der Waals surface area contributed by atoms with Crippen LogP contribution in [0.4, 0.5) is 5.69 Å². The molecule has 1 amide bonds. The second kappa shape index (κ2) is 7.56. The van der Waals surface area contributed by atoms with Crippen LogP contribution in [0.25, 0.3) is 0 Å². The van der Waals surface area contributed by atoms with E-state index in [1.54, 1.807) is 36.0 Å². The van der Waals surface area contributed by atoms with Gasteiger partial charge >= 0.3 is 0 Å². The number of rotatable bonds is 4. The van der Waals surface area contributed by atoms with Crippen molar-refractivity contribution in [2.45, 2.75) is 16.7 Å². The van der Waals surface area contributed by atoms with E-state index < -0.39 is 0 Å². The van der Waals surface area contributed by atoms with E-state index in [0.29, 0.717) is 10.6 Å². The van der Waals surface area contributed by atoms with Crippen LogP contribution in [0.3, 0.4) is 0 Å². The molecule has 2 nitrogen and oxygen atoms in total. The number of hydrogen-bond donors (Lipinski definition) is 1. The van der Waals surface area contributed by atoms with Crippen LogP contribution in [0.15, 0.2) is 82.6 Å². The number of benzene rings is 3. The van der Waals surface area contributed by atoms with Gasteiger partial charge in [0.2, 0.25) is 0 Å². The number of amides is 1. The summed E-state index contributed by atoms with van der Waals surface area (Å²) in [5.74, 6) is -0.211. The van der Waals surface area contributed by atoms with Gasteiger partial charge < -0.3 is 5.32 Å². The van der Waals surface area contributed by atoms with Gasteiger partial charge in [0.25, 0.3) is 5.91 Å². The lowest BCUT2D eigenvalue weighted by molar-refractivity contribution is 0.102. The molecular formula is C20H16ClNOS. The van der Waals surface area contributed by atoms with E-state index in [0.717, 1.165) is 15.5 Å². The first-order valence-corrected chi connectivity index (χ1v) is 8.72. The molecule has 3 aromatic carbocycles. The van der Waals surface area contributed by atoms with Crippen molar-refractivity contribution >= 4 is 35.0 Å². The van der Waals surface area contributed by atoms with Crippen LogP contribution in [0.2, 0.25) is 5.02 Å². The lowest BCUT2D eigenvalue weighted by Gasteiger charge is -2.11. The normalized spacial score (nSPS) is 10.4. The Morgan fingerprint density at radius 1 is 0.917 bits per heavy atom. The number of nitrogens with one attached hydrogen (secondary N) is 1. The van der Waals surface area contributed by atoms with E-state index in [-0.39, 0.29) is 5.91 Å². The Morgan fingerprint density at radius 3 is 2.33 bits per heavy atom. The predicted molar refractivity (Wildman–Crippen MR) is 101 cm³/mol. The van der Waals surface area contributed by atoms with Gasteiger partial charge in [-0.3, -0.25) is 4.79 Å². The fourth-order valence-electron chi connectivity index (χ4n) is 2.23. The summed E-state index contributed by atoms with van der Waals surface area (Å²) in [6, 6.07) is 23.1. The van der Waals surface area contributed by atoms with Crippen LogP contribution in [0.1, 0.15) is 15.9 Å². The number of halogens is 1. The number of carbonyl (C=O) groups is 1. The molecule has 0 bridgehead atoms. The molecule has 0 heterocycles. The van der Waals surface area contributed by atoms with E-state index in [4.69, 9.17) is 11.6 Å². The van der Waals surface area contributed by atoms with Crippen molar-refractivity contribution in [1.29, 1.82) is 0 Å². The third-order valence-electron chi connectivity index (χ3n) is 3.50. The minimum Gasteiger partial charge on any atom is -0.321 e. The predicted octanol–water partition coefficient (Wildman–Crippen LogP) is 6.05. The molecule has 120 valence electrons. The average Bonchev–Trinajstić information content (AvgIpc) is 2.59. The highest BCUT2D eigenvalue weighted by Crippen LogP contribution is 2.33. The zero-order chi connectivity index (χ0) is 16.9. The van der Waals surface area contributed by atoms with Crippen molar-refractivity contribution in [3.05, 3.63) is 88.9 Å². The summed E-state index contributed by atoms with van der Waals surface area (Å²) >= 11 is 7.72. The molecule has 0 aliphatic carbocycles. The molecule has 3 aromatic rings. The summed E-state index contributed by atoms with van der Waals surface area (Å²) < 4.78 is 0. The maximum atomic E-state index is 12.5. The lowest BCUT2D eigenvalue weighted by Crippen LogP contribution is -2.12. The Morgan fingerprint density at radius 2 is 1.58 bits per heavy atom. The molecule has 0 saturated heterocycles. The van der Waals surface area contributed by atoms with Gasteiger partial charge in [-0.05, 0) is 43.3 Å². The number of carbonyl (C=O) groups excluding carboxylic acids is 1. The van der Waals surface area contributed by atoms with Crippen LogP contribution in [0.5, 0.6) is 0 Å². The van der Waals surface area contributed by atoms with E-state index in [2.05, 4.69) is 36.5 Å². The molecule has 0 unspecified atom stereocenters. The van der Waals surface area contributed by atoms with Crippen molar-refractivity contribution < 1.29 is 4.79 Å². The Hall–Kier alpha value is -2.23. The van der Waals surface area contributed by atoms with Crippen molar-refractivity contribution in [2.75, 3.05) is 5.32 Å². The second-order valence-corrected chi connectivity index (χ2v) is 6.87. The van der Waals surface area contributed by atoms with Gasteiger partial charge in [-0.1, -0.05) is 65.3 Å². The summed E-state index contributed by atoms with van der Waals surface area (Å²) in [6.45, 7) is 2.06. The Kier molecular flexibility index (Phi) is 5.24. The third kappa shape index (κ3) is 3.99. The number of anilines is 1. The topological polar surface area (TPSA) is 29.1 Å². The fourth-order valence-corrected chi connectivity index (χ4v) is 3.35. The van der Waals surface area contributed by atoms with Crippen LogP contribution >= 0.6 is 23.4 Å². The fraction of sp³-hybridized carbons (Fsp3) is 0.0500. The van der Waals surface area contributed by atoms with Crippen LogP contribution in [-0.4, -0.2) is 5.91 Å². The standard InChI is InChI=1S/C20H16ClNOS/c1-14-10-12-15(13-11-14)24-19-9-5-4-8-18(19)22-20(23)16-6-2-3-7-17(16)21/h2-13H,1H3,(H,22,23). The summed E-state index contributed by atoms with van der Waals surface area (Å²) in [6.07, 6.45) is 0. The summed E-state index contributed by atoms with van der Waals surface area (Å²) in [5, 5.41) is 3.40. The van der Waals surface area contributed by atoms with Crippen molar-refractivity contribution in [3.63, 3.8) is 0 Å². The molecule has 0 aromatic heterocycles. The maximum Gasteiger partial charge on any atom is 0.257 e. The quantitative estimate of drug-likeness (QED) is 0.618. The van der Waals surface area contributed by atoms with Crippen LogP contribution < -0.4 is 5.32 Å². The molecule has 0 radical (unpaired) electrons. The molecule has 0 atom stereocenters. The molecular weight excluding hydrogens is 338 g/mol. The van der Waals surface area contributed by atoms with E-state index >= 15 is 0 Å². The van der Waals surface area contributed by atoms with Gasteiger partial charge in [0.15, 0.2) is 0 Å². The SMILES string of the molecule is Cc1ccc(Sc2ccccc2NC(=O)c2ccccc2Cl)cc1. The monoisotopic (exact) mass is 353 g/mol. The first-order chi connectivity index (χ1) is 11.6. The summed E-state index contributed by atoms with van der Waals surface area (Å²) in [5.41, 5.74) is 2.46. The lowest BCUT2D eigenvalue weighted by atomic mass is 10.2. The highest BCUT2D eigenvalue weighted by molar-refractivity contribution is 7.99. The van der Waals surface area contributed by atoms with Gasteiger partial charge in [-0.2, -0.15) is 0 Å². The smallest absolute Gasteiger partial charge is 0.257 e. The molecule has 1 N–H and O–H groups in total. The molecule has 24 heavy (non-hydrogen) atoms. The van der Waals surface area contributed by atoms with E-state index in [1.165, 1.54) is 5.56 Å². The van der Waals surface area contributed by atoms with Gasteiger partial charge in [-0.25, -0.2) is 0 Å².